The summed E-state index contributed by atoms with van der Waals surface area (Å²) < 4.78 is 0. The first-order chi connectivity index (χ1) is 13.6. The van der Waals surface area contributed by atoms with E-state index in [1.54, 1.807) is 0 Å². The van der Waals surface area contributed by atoms with Crippen molar-refractivity contribution in [3.05, 3.63) is 71.8 Å². The van der Waals surface area contributed by atoms with E-state index in [0.29, 0.717) is 19.3 Å². The summed E-state index contributed by atoms with van der Waals surface area (Å²) in [5, 5.41) is 3.17. The quantitative estimate of drug-likeness (QED) is 0.623. The van der Waals surface area contributed by atoms with Gasteiger partial charge in [-0.25, -0.2) is 0 Å². The standard InChI is InChI=1S/C24H32N2O2/c1-3-26(4-2)24(28)17-11-16-23(27)25-22(21-14-9-6-10-15-21)19-18-20-12-7-5-8-13-20/h5-10,12-15,22H,3-4,11,16-19H2,1-2H3,(H,25,27). The van der Waals surface area contributed by atoms with E-state index < -0.39 is 0 Å². The molecule has 0 saturated heterocycles. The Morgan fingerprint density at radius 1 is 0.893 bits per heavy atom. The molecule has 0 aromatic heterocycles. The van der Waals surface area contributed by atoms with Gasteiger partial charge in [0, 0.05) is 25.9 Å². The van der Waals surface area contributed by atoms with Crippen LogP contribution in [0, 0.1) is 0 Å². The molecule has 0 bridgehead atoms. The average molecular weight is 381 g/mol. The van der Waals surface area contributed by atoms with Gasteiger partial charge in [-0.15, -0.1) is 0 Å². The summed E-state index contributed by atoms with van der Waals surface area (Å²) >= 11 is 0. The van der Waals surface area contributed by atoms with Gasteiger partial charge in [0.05, 0.1) is 6.04 Å². The van der Waals surface area contributed by atoms with Crippen molar-refractivity contribution in [3.63, 3.8) is 0 Å². The van der Waals surface area contributed by atoms with Crippen molar-refractivity contribution in [1.82, 2.24) is 10.2 Å². The monoisotopic (exact) mass is 380 g/mol. The Labute approximate surface area is 169 Å². The maximum Gasteiger partial charge on any atom is 0.222 e. The summed E-state index contributed by atoms with van der Waals surface area (Å²) in [7, 11) is 0. The maximum atomic E-state index is 12.5. The Bertz CT molecular complexity index is 712. The Morgan fingerprint density at radius 3 is 2.11 bits per heavy atom. The van der Waals surface area contributed by atoms with Gasteiger partial charge in [-0.3, -0.25) is 9.59 Å². The predicted molar refractivity (Wildman–Crippen MR) is 114 cm³/mol. The average Bonchev–Trinajstić information content (AvgIpc) is 2.73. The number of carbonyl (C=O) groups excluding carboxylic acids is 2. The zero-order valence-electron chi connectivity index (χ0n) is 17.1. The predicted octanol–water partition coefficient (Wildman–Crippen LogP) is 4.52. The molecule has 2 aromatic carbocycles. The van der Waals surface area contributed by atoms with Gasteiger partial charge in [-0.2, -0.15) is 0 Å². The fourth-order valence-electron chi connectivity index (χ4n) is 3.36. The van der Waals surface area contributed by atoms with Crippen LogP contribution in [-0.4, -0.2) is 29.8 Å². The maximum absolute atomic E-state index is 12.5. The van der Waals surface area contributed by atoms with Gasteiger partial charge < -0.3 is 10.2 Å². The van der Waals surface area contributed by atoms with Gasteiger partial charge in [0.25, 0.3) is 0 Å². The molecule has 28 heavy (non-hydrogen) atoms. The Morgan fingerprint density at radius 2 is 1.50 bits per heavy atom. The summed E-state index contributed by atoms with van der Waals surface area (Å²) in [5.74, 6) is 0.135. The first-order valence-corrected chi connectivity index (χ1v) is 10.3. The van der Waals surface area contributed by atoms with Gasteiger partial charge in [-0.05, 0) is 44.2 Å². The molecule has 0 saturated carbocycles. The lowest BCUT2D eigenvalue weighted by Gasteiger charge is -2.20. The molecule has 1 atom stereocenters. The molecule has 2 amide bonds. The molecule has 0 aliphatic rings. The van der Waals surface area contributed by atoms with Crippen molar-refractivity contribution < 1.29 is 9.59 Å². The van der Waals surface area contributed by atoms with Crippen LogP contribution in [0.1, 0.15) is 56.7 Å². The molecule has 150 valence electrons. The molecule has 0 spiro atoms. The molecule has 0 fully saturated rings. The lowest BCUT2D eigenvalue weighted by atomic mass is 9.98. The van der Waals surface area contributed by atoms with Gasteiger partial charge >= 0.3 is 0 Å². The van der Waals surface area contributed by atoms with Crippen LogP contribution in [0.15, 0.2) is 60.7 Å². The minimum absolute atomic E-state index is 0.00858. The third-order valence-electron chi connectivity index (χ3n) is 5.01. The van der Waals surface area contributed by atoms with Gasteiger partial charge in [0.1, 0.15) is 0 Å². The minimum atomic E-state index is -0.0209. The second kappa shape index (κ2) is 12.0. The molecule has 2 rings (SSSR count). The molecule has 4 heteroatoms. The normalized spacial score (nSPS) is 11.6. The molecule has 4 nitrogen and oxygen atoms in total. The van der Waals surface area contributed by atoms with Crippen molar-refractivity contribution in [2.45, 2.75) is 52.0 Å². The van der Waals surface area contributed by atoms with Crippen molar-refractivity contribution in [2.24, 2.45) is 0 Å². The van der Waals surface area contributed by atoms with E-state index in [2.05, 4.69) is 29.6 Å². The highest BCUT2D eigenvalue weighted by atomic mass is 16.2. The molecule has 2 aromatic rings. The molecule has 0 aliphatic heterocycles. The summed E-state index contributed by atoms with van der Waals surface area (Å²) in [6.07, 6.45) is 3.14. The van der Waals surface area contributed by atoms with E-state index in [9.17, 15) is 9.59 Å². The van der Waals surface area contributed by atoms with E-state index in [1.165, 1.54) is 5.56 Å². The molecular formula is C24H32N2O2. The molecule has 0 heterocycles. The molecule has 0 aliphatic carbocycles. The number of benzene rings is 2. The van der Waals surface area contributed by atoms with Crippen LogP contribution in [-0.2, 0) is 16.0 Å². The summed E-state index contributed by atoms with van der Waals surface area (Å²) in [6, 6.07) is 20.4. The van der Waals surface area contributed by atoms with Crippen molar-refractivity contribution >= 4 is 11.8 Å². The first-order valence-electron chi connectivity index (χ1n) is 10.3. The van der Waals surface area contributed by atoms with Crippen LogP contribution in [0.4, 0.5) is 0 Å². The Balaban J connectivity index is 1.88. The van der Waals surface area contributed by atoms with Crippen molar-refractivity contribution in [1.29, 1.82) is 0 Å². The van der Waals surface area contributed by atoms with Crippen LogP contribution in [0.25, 0.3) is 0 Å². The van der Waals surface area contributed by atoms with Crippen molar-refractivity contribution in [3.8, 4) is 0 Å². The first kappa shape index (κ1) is 21.7. The van der Waals surface area contributed by atoms with Crippen LogP contribution < -0.4 is 5.32 Å². The van der Waals surface area contributed by atoms with Gasteiger partial charge in [-0.1, -0.05) is 60.7 Å². The van der Waals surface area contributed by atoms with Crippen LogP contribution in [0.2, 0.25) is 0 Å². The highest BCUT2D eigenvalue weighted by Crippen LogP contribution is 2.19. The van der Waals surface area contributed by atoms with Gasteiger partial charge in [0.15, 0.2) is 0 Å². The third-order valence-corrected chi connectivity index (χ3v) is 5.01. The summed E-state index contributed by atoms with van der Waals surface area (Å²) in [5.41, 5.74) is 2.38. The second-order valence-electron chi connectivity index (χ2n) is 6.97. The highest BCUT2D eigenvalue weighted by molar-refractivity contribution is 5.79. The van der Waals surface area contributed by atoms with E-state index in [-0.39, 0.29) is 17.9 Å². The second-order valence-corrected chi connectivity index (χ2v) is 6.97. The number of amides is 2. The molecule has 1 N–H and O–H groups in total. The number of rotatable bonds is 11. The van der Waals surface area contributed by atoms with Crippen LogP contribution in [0.3, 0.4) is 0 Å². The molecule has 1 unspecified atom stereocenters. The number of aryl methyl sites for hydroxylation is 1. The van der Waals surface area contributed by atoms with E-state index in [1.807, 2.05) is 55.1 Å². The lowest BCUT2D eigenvalue weighted by molar-refractivity contribution is -0.131. The smallest absolute Gasteiger partial charge is 0.222 e. The zero-order valence-corrected chi connectivity index (χ0v) is 17.1. The Kier molecular flexibility index (Phi) is 9.26. The Hall–Kier alpha value is -2.62. The topological polar surface area (TPSA) is 49.4 Å². The summed E-state index contributed by atoms with van der Waals surface area (Å²) in [4.78, 5) is 26.4. The van der Waals surface area contributed by atoms with Crippen molar-refractivity contribution in [2.75, 3.05) is 13.1 Å². The highest BCUT2D eigenvalue weighted by Gasteiger charge is 2.16. The zero-order chi connectivity index (χ0) is 20.2. The van der Waals surface area contributed by atoms with E-state index in [0.717, 1.165) is 31.5 Å². The minimum Gasteiger partial charge on any atom is -0.349 e. The van der Waals surface area contributed by atoms with E-state index in [4.69, 9.17) is 0 Å². The number of nitrogens with zero attached hydrogens (tertiary/aromatic N) is 1. The number of hydrogen-bond donors (Lipinski definition) is 1. The largest absolute Gasteiger partial charge is 0.349 e. The van der Waals surface area contributed by atoms with Gasteiger partial charge in [0.2, 0.25) is 11.8 Å². The molecule has 0 radical (unpaired) electrons. The molecular weight excluding hydrogens is 348 g/mol. The fraction of sp³-hybridized carbons (Fsp3) is 0.417. The SMILES string of the molecule is CCN(CC)C(=O)CCCC(=O)NC(CCc1ccccc1)c1ccccc1. The van der Waals surface area contributed by atoms with Crippen LogP contribution >= 0.6 is 0 Å². The number of hydrogen-bond acceptors (Lipinski definition) is 2. The van der Waals surface area contributed by atoms with E-state index >= 15 is 0 Å². The lowest BCUT2D eigenvalue weighted by Crippen LogP contribution is -2.31. The third kappa shape index (κ3) is 7.18. The number of nitrogens with one attached hydrogen (secondary N) is 1. The number of carbonyl (C=O) groups is 2. The van der Waals surface area contributed by atoms with Crippen LogP contribution in [0.5, 0.6) is 0 Å². The fourth-order valence-corrected chi connectivity index (χ4v) is 3.36. The summed E-state index contributed by atoms with van der Waals surface area (Å²) in [6.45, 7) is 5.39.